The Morgan fingerprint density at radius 2 is 1.62 bits per heavy atom. The minimum absolute atomic E-state index is 0.134. The third-order valence-electron chi connectivity index (χ3n) is 5.37. The summed E-state index contributed by atoms with van der Waals surface area (Å²) in [6, 6.07) is 8.46. The first-order chi connectivity index (χ1) is 15.4. The lowest BCUT2D eigenvalue weighted by atomic mass is 10.1. The molecule has 0 aromatic heterocycles. The SMILES string of the molecule is COc1cc(OC)c(OC)cc1CN(C(C)=O)c1ccc(N2CCOCC2)c(C(=O)O)c1. The standard InChI is InChI=1S/C23H28N2O7/c1-15(26)25(14-16-11-21(30-3)22(31-4)13-20(16)29-2)17-5-6-19(18(12-17)23(27)28)24-7-9-32-10-8-24/h5-6,11-13H,7-10,14H2,1-4H3,(H,27,28). The van der Waals surface area contributed by atoms with Gasteiger partial charge in [-0.15, -0.1) is 0 Å². The molecule has 0 spiro atoms. The number of rotatable bonds is 8. The summed E-state index contributed by atoms with van der Waals surface area (Å²) in [6.45, 7) is 3.90. The van der Waals surface area contributed by atoms with Crippen LogP contribution in [0, 0.1) is 0 Å². The number of carbonyl (C=O) groups excluding carboxylic acids is 1. The normalized spacial score (nSPS) is 13.4. The summed E-state index contributed by atoms with van der Waals surface area (Å²) >= 11 is 0. The zero-order valence-electron chi connectivity index (χ0n) is 18.7. The molecule has 2 aromatic carbocycles. The lowest BCUT2D eigenvalue weighted by Crippen LogP contribution is -2.37. The number of hydrogen-bond donors (Lipinski definition) is 1. The second-order valence-electron chi connectivity index (χ2n) is 7.23. The fourth-order valence-electron chi connectivity index (χ4n) is 3.71. The molecule has 0 saturated carbocycles. The van der Waals surface area contributed by atoms with E-state index in [1.165, 1.54) is 39.2 Å². The van der Waals surface area contributed by atoms with Gasteiger partial charge >= 0.3 is 5.97 Å². The molecule has 1 amide bonds. The molecule has 3 rings (SSSR count). The average molecular weight is 444 g/mol. The fraction of sp³-hybridized carbons (Fsp3) is 0.391. The summed E-state index contributed by atoms with van der Waals surface area (Å²) in [5.41, 5.74) is 1.91. The van der Waals surface area contributed by atoms with Gasteiger partial charge in [0.15, 0.2) is 11.5 Å². The van der Waals surface area contributed by atoms with Crippen LogP contribution in [0.5, 0.6) is 17.2 Å². The molecule has 172 valence electrons. The van der Waals surface area contributed by atoms with E-state index in [4.69, 9.17) is 18.9 Å². The number of ether oxygens (including phenoxy) is 4. The van der Waals surface area contributed by atoms with E-state index < -0.39 is 5.97 Å². The van der Waals surface area contributed by atoms with Crippen LogP contribution in [0.25, 0.3) is 0 Å². The van der Waals surface area contributed by atoms with Crippen LogP contribution in [0.4, 0.5) is 11.4 Å². The number of carboxylic acids is 1. The van der Waals surface area contributed by atoms with Crippen LogP contribution in [0.1, 0.15) is 22.8 Å². The molecule has 32 heavy (non-hydrogen) atoms. The average Bonchev–Trinajstić information content (AvgIpc) is 2.81. The van der Waals surface area contributed by atoms with E-state index in [0.29, 0.717) is 60.5 Å². The number of aromatic carboxylic acids is 1. The van der Waals surface area contributed by atoms with Crippen LogP contribution < -0.4 is 24.0 Å². The first-order valence-corrected chi connectivity index (χ1v) is 10.2. The summed E-state index contributed by atoms with van der Waals surface area (Å²) in [4.78, 5) is 28.0. The maximum Gasteiger partial charge on any atom is 0.337 e. The summed E-state index contributed by atoms with van der Waals surface area (Å²) in [5, 5.41) is 9.83. The predicted molar refractivity (Wildman–Crippen MR) is 119 cm³/mol. The van der Waals surface area contributed by atoms with Crippen LogP contribution in [-0.4, -0.2) is 64.6 Å². The number of anilines is 2. The number of carboxylic acid groups (broad SMARTS) is 1. The van der Waals surface area contributed by atoms with Gasteiger partial charge in [0.25, 0.3) is 0 Å². The van der Waals surface area contributed by atoms with Crippen molar-refractivity contribution < 1.29 is 33.6 Å². The number of amides is 1. The zero-order valence-corrected chi connectivity index (χ0v) is 18.7. The van der Waals surface area contributed by atoms with E-state index in [1.807, 2.05) is 4.90 Å². The van der Waals surface area contributed by atoms with Gasteiger partial charge in [0.2, 0.25) is 5.91 Å². The summed E-state index contributed by atoms with van der Waals surface area (Å²) in [7, 11) is 4.59. The van der Waals surface area contributed by atoms with Crippen molar-refractivity contribution in [2.75, 3.05) is 57.4 Å². The third kappa shape index (κ3) is 4.88. The van der Waals surface area contributed by atoms with Gasteiger partial charge in [-0.25, -0.2) is 4.79 Å². The number of carbonyl (C=O) groups is 2. The molecule has 2 aromatic rings. The van der Waals surface area contributed by atoms with Crippen molar-refractivity contribution in [2.45, 2.75) is 13.5 Å². The number of nitrogens with zero attached hydrogens (tertiary/aromatic N) is 2. The Labute approximate surface area is 187 Å². The monoisotopic (exact) mass is 444 g/mol. The fourth-order valence-corrected chi connectivity index (χ4v) is 3.71. The molecule has 1 aliphatic rings. The van der Waals surface area contributed by atoms with Crippen molar-refractivity contribution in [3.8, 4) is 17.2 Å². The minimum Gasteiger partial charge on any atom is -0.496 e. The molecule has 1 fully saturated rings. The van der Waals surface area contributed by atoms with Crippen LogP contribution in [0.2, 0.25) is 0 Å². The molecule has 0 atom stereocenters. The molecule has 0 aliphatic carbocycles. The minimum atomic E-state index is -1.06. The Morgan fingerprint density at radius 1 is 1.00 bits per heavy atom. The first-order valence-electron chi connectivity index (χ1n) is 10.2. The predicted octanol–water partition coefficient (Wildman–Crippen LogP) is 2.80. The van der Waals surface area contributed by atoms with Crippen molar-refractivity contribution in [3.05, 3.63) is 41.5 Å². The Hall–Kier alpha value is -3.46. The first kappa shape index (κ1) is 23.2. The molecule has 0 bridgehead atoms. The molecular weight excluding hydrogens is 416 g/mol. The van der Waals surface area contributed by atoms with Gasteiger partial charge < -0.3 is 33.9 Å². The largest absolute Gasteiger partial charge is 0.496 e. The number of benzene rings is 2. The summed E-state index contributed by atoms with van der Waals surface area (Å²) in [6.07, 6.45) is 0. The van der Waals surface area contributed by atoms with Crippen LogP contribution in [-0.2, 0) is 16.1 Å². The van der Waals surface area contributed by atoms with Crippen LogP contribution in [0.3, 0.4) is 0 Å². The van der Waals surface area contributed by atoms with Crippen molar-refractivity contribution >= 4 is 23.3 Å². The van der Waals surface area contributed by atoms with E-state index in [-0.39, 0.29) is 18.0 Å². The van der Waals surface area contributed by atoms with E-state index in [9.17, 15) is 14.7 Å². The van der Waals surface area contributed by atoms with Gasteiger partial charge in [-0.1, -0.05) is 0 Å². The lowest BCUT2D eigenvalue weighted by molar-refractivity contribution is -0.116. The van der Waals surface area contributed by atoms with Gasteiger partial charge in [-0.2, -0.15) is 0 Å². The van der Waals surface area contributed by atoms with Crippen LogP contribution >= 0.6 is 0 Å². The number of hydrogen-bond acceptors (Lipinski definition) is 7. The van der Waals surface area contributed by atoms with Gasteiger partial charge in [0.1, 0.15) is 5.75 Å². The second kappa shape index (κ2) is 10.2. The third-order valence-corrected chi connectivity index (χ3v) is 5.37. The summed E-state index contributed by atoms with van der Waals surface area (Å²) in [5.74, 6) is 0.237. The van der Waals surface area contributed by atoms with Crippen molar-refractivity contribution in [1.29, 1.82) is 0 Å². The highest BCUT2D eigenvalue weighted by atomic mass is 16.5. The Kier molecular flexibility index (Phi) is 7.42. The molecule has 1 heterocycles. The maximum atomic E-state index is 12.5. The lowest BCUT2D eigenvalue weighted by Gasteiger charge is -2.31. The highest BCUT2D eigenvalue weighted by Gasteiger charge is 2.23. The van der Waals surface area contributed by atoms with Crippen molar-refractivity contribution in [3.63, 3.8) is 0 Å². The van der Waals surface area contributed by atoms with E-state index >= 15 is 0 Å². The Balaban J connectivity index is 2.00. The van der Waals surface area contributed by atoms with Crippen molar-refractivity contribution in [1.82, 2.24) is 0 Å². The molecule has 0 radical (unpaired) electrons. The van der Waals surface area contributed by atoms with E-state index in [0.717, 1.165) is 0 Å². The molecule has 9 heteroatoms. The quantitative estimate of drug-likeness (QED) is 0.664. The van der Waals surface area contributed by atoms with Crippen molar-refractivity contribution in [2.24, 2.45) is 0 Å². The highest BCUT2D eigenvalue weighted by molar-refractivity contribution is 5.98. The smallest absolute Gasteiger partial charge is 0.337 e. The van der Waals surface area contributed by atoms with Crippen LogP contribution in [0.15, 0.2) is 30.3 Å². The van der Waals surface area contributed by atoms with E-state index in [2.05, 4.69) is 0 Å². The Bertz CT molecular complexity index is 987. The molecule has 1 saturated heterocycles. The molecular formula is C23H28N2O7. The second-order valence-corrected chi connectivity index (χ2v) is 7.23. The zero-order chi connectivity index (χ0) is 23.3. The molecule has 9 nitrogen and oxygen atoms in total. The van der Waals surface area contributed by atoms with Gasteiger partial charge in [0, 0.05) is 37.3 Å². The number of methoxy groups -OCH3 is 3. The maximum absolute atomic E-state index is 12.5. The highest BCUT2D eigenvalue weighted by Crippen LogP contribution is 2.36. The molecule has 1 aliphatic heterocycles. The molecule has 1 N–H and O–H groups in total. The number of morpholine rings is 1. The molecule has 0 unspecified atom stereocenters. The van der Waals surface area contributed by atoms with Gasteiger partial charge in [-0.05, 0) is 24.3 Å². The topological polar surface area (TPSA) is 97.8 Å². The van der Waals surface area contributed by atoms with E-state index in [1.54, 1.807) is 24.3 Å². The van der Waals surface area contributed by atoms with Gasteiger partial charge in [-0.3, -0.25) is 4.79 Å². The van der Waals surface area contributed by atoms with Gasteiger partial charge in [0.05, 0.1) is 52.3 Å². The summed E-state index contributed by atoms with van der Waals surface area (Å²) < 4.78 is 21.5. The Morgan fingerprint density at radius 3 is 2.19 bits per heavy atom.